The van der Waals surface area contributed by atoms with Crippen LogP contribution in [0.1, 0.15) is 56.6 Å². The standard InChI is InChI=1S/C30H38ClN3O4S/c1-20(29(36)32-2)33(18-24-6-4-5-7-27(24)31)28(35)19-34(39(3,37)38)26-10-8-25(9-11-26)30-15-21-12-22(16-30)14-23(13-21)17-30/h4-11,20-23H,12-19H2,1-3H3,(H,32,36)/t20-,21?,22?,23?,30?/m0/s1. The average molecular weight is 572 g/mol. The molecule has 7 nitrogen and oxygen atoms in total. The van der Waals surface area contributed by atoms with Crippen LogP contribution in [-0.2, 0) is 31.6 Å². The summed E-state index contributed by atoms with van der Waals surface area (Å²) in [4.78, 5) is 27.5. The van der Waals surface area contributed by atoms with E-state index in [4.69, 9.17) is 11.6 Å². The summed E-state index contributed by atoms with van der Waals surface area (Å²) in [6.07, 6.45) is 8.86. The fourth-order valence-corrected chi connectivity index (χ4v) is 8.71. The smallest absolute Gasteiger partial charge is 0.244 e. The first-order chi connectivity index (χ1) is 18.5. The maximum Gasteiger partial charge on any atom is 0.244 e. The van der Waals surface area contributed by atoms with Crippen molar-refractivity contribution in [2.24, 2.45) is 17.8 Å². The minimum absolute atomic E-state index is 0.0790. The summed E-state index contributed by atoms with van der Waals surface area (Å²) in [5, 5.41) is 3.05. The lowest BCUT2D eigenvalue weighted by atomic mass is 9.48. The van der Waals surface area contributed by atoms with E-state index in [0.717, 1.165) is 28.3 Å². The average Bonchev–Trinajstić information content (AvgIpc) is 2.89. The van der Waals surface area contributed by atoms with Gasteiger partial charge in [-0.05, 0) is 97.9 Å². The highest BCUT2D eigenvalue weighted by Crippen LogP contribution is 2.60. The van der Waals surface area contributed by atoms with E-state index in [1.54, 1.807) is 25.1 Å². The summed E-state index contributed by atoms with van der Waals surface area (Å²) in [6.45, 7) is 1.29. The number of benzene rings is 2. The van der Waals surface area contributed by atoms with Gasteiger partial charge in [-0.25, -0.2) is 8.42 Å². The van der Waals surface area contributed by atoms with Gasteiger partial charge in [-0.3, -0.25) is 13.9 Å². The predicted octanol–water partition coefficient (Wildman–Crippen LogP) is 4.74. The van der Waals surface area contributed by atoms with E-state index in [1.165, 1.54) is 56.0 Å². The lowest BCUT2D eigenvalue weighted by molar-refractivity contribution is -0.139. The van der Waals surface area contributed by atoms with Gasteiger partial charge in [0, 0.05) is 18.6 Å². The SMILES string of the molecule is CNC(=O)[C@H](C)N(Cc1ccccc1Cl)C(=O)CN(c1ccc(C23CC4CC(CC(C4)C2)C3)cc1)S(C)(=O)=O. The van der Waals surface area contributed by atoms with Crippen molar-refractivity contribution in [1.82, 2.24) is 10.2 Å². The number of carbonyl (C=O) groups is 2. The molecule has 4 aliphatic carbocycles. The molecule has 2 aromatic rings. The number of likely N-dealkylation sites (N-methyl/N-ethyl adjacent to an activating group) is 1. The maximum absolute atomic E-state index is 13.6. The zero-order valence-corrected chi connectivity index (χ0v) is 24.5. The van der Waals surface area contributed by atoms with Crippen LogP contribution in [0.15, 0.2) is 48.5 Å². The Balaban J connectivity index is 1.39. The van der Waals surface area contributed by atoms with Gasteiger partial charge in [0.15, 0.2) is 0 Å². The molecule has 4 saturated carbocycles. The van der Waals surface area contributed by atoms with Crippen molar-refractivity contribution in [2.45, 2.75) is 63.5 Å². The number of carbonyl (C=O) groups excluding carboxylic acids is 2. The summed E-state index contributed by atoms with van der Waals surface area (Å²) in [6, 6.07) is 14.1. The van der Waals surface area contributed by atoms with E-state index in [2.05, 4.69) is 17.4 Å². The van der Waals surface area contributed by atoms with E-state index in [0.29, 0.717) is 16.3 Å². The number of rotatable bonds is 9. The molecule has 2 aromatic carbocycles. The van der Waals surface area contributed by atoms with Gasteiger partial charge in [-0.2, -0.15) is 0 Å². The minimum atomic E-state index is -3.78. The van der Waals surface area contributed by atoms with Crippen LogP contribution in [0.3, 0.4) is 0 Å². The highest BCUT2D eigenvalue weighted by atomic mass is 35.5. The van der Waals surface area contributed by atoms with E-state index < -0.39 is 28.5 Å². The molecule has 4 bridgehead atoms. The highest BCUT2D eigenvalue weighted by molar-refractivity contribution is 7.92. The lowest BCUT2D eigenvalue weighted by Crippen LogP contribution is -2.50. The minimum Gasteiger partial charge on any atom is -0.357 e. The van der Waals surface area contributed by atoms with Crippen molar-refractivity contribution in [3.8, 4) is 0 Å². The van der Waals surface area contributed by atoms with Crippen molar-refractivity contribution >= 4 is 39.1 Å². The van der Waals surface area contributed by atoms with Crippen molar-refractivity contribution in [3.63, 3.8) is 0 Å². The lowest BCUT2D eigenvalue weighted by Gasteiger charge is -2.57. The topological polar surface area (TPSA) is 86.8 Å². The molecule has 0 saturated heterocycles. The predicted molar refractivity (Wildman–Crippen MR) is 154 cm³/mol. The molecule has 4 fully saturated rings. The van der Waals surface area contributed by atoms with Gasteiger partial charge in [0.25, 0.3) is 0 Å². The maximum atomic E-state index is 13.6. The van der Waals surface area contributed by atoms with Gasteiger partial charge in [-0.15, -0.1) is 0 Å². The number of nitrogens with one attached hydrogen (secondary N) is 1. The van der Waals surface area contributed by atoms with E-state index in [-0.39, 0.29) is 17.9 Å². The Kier molecular flexibility index (Phi) is 7.72. The largest absolute Gasteiger partial charge is 0.357 e. The third-order valence-electron chi connectivity index (χ3n) is 9.20. The summed E-state index contributed by atoms with van der Waals surface area (Å²) in [7, 11) is -2.27. The van der Waals surface area contributed by atoms with Crippen molar-refractivity contribution in [2.75, 3.05) is 24.2 Å². The van der Waals surface area contributed by atoms with E-state index >= 15 is 0 Å². The number of anilines is 1. The number of hydrogen-bond acceptors (Lipinski definition) is 4. The van der Waals surface area contributed by atoms with Crippen LogP contribution >= 0.6 is 11.6 Å². The quantitative estimate of drug-likeness (QED) is 0.471. The summed E-state index contributed by atoms with van der Waals surface area (Å²) in [5.74, 6) is 1.61. The molecule has 0 radical (unpaired) electrons. The summed E-state index contributed by atoms with van der Waals surface area (Å²) < 4.78 is 27.0. The first-order valence-corrected chi connectivity index (χ1v) is 16.0. The molecule has 39 heavy (non-hydrogen) atoms. The van der Waals surface area contributed by atoms with Gasteiger partial charge in [0.2, 0.25) is 21.8 Å². The Morgan fingerprint density at radius 2 is 1.56 bits per heavy atom. The van der Waals surface area contributed by atoms with Crippen LogP contribution in [0.5, 0.6) is 0 Å². The summed E-state index contributed by atoms with van der Waals surface area (Å²) in [5.41, 5.74) is 2.62. The Hall–Kier alpha value is -2.58. The molecule has 0 aromatic heterocycles. The number of halogens is 1. The fourth-order valence-electron chi connectivity index (χ4n) is 7.66. The number of sulfonamides is 1. The molecular formula is C30H38ClN3O4S. The van der Waals surface area contributed by atoms with Crippen LogP contribution in [0.4, 0.5) is 5.69 Å². The molecule has 9 heteroatoms. The van der Waals surface area contributed by atoms with E-state index in [9.17, 15) is 18.0 Å². The van der Waals surface area contributed by atoms with Gasteiger partial charge in [-0.1, -0.05) is 41.9 Å². The Labute approximate surface area is 236 Å². The van der Waals surface area contributed by atoms with Crippen LogP contribution in [-0.4, -0.2) is 51.0 Å². The van der Waals surface area contributed by atoms with Gasteiger partial charge < -0.3 is 10.2 Å². The molecule has 0 spiro atoms. The third kappa shape index (κ3) is 5.68. The van der Waals surface area contributed by atoms with E-state index in [1.807, 2.05) is 18.2 Å². The highest BCUT2D eigenvalue weighted by Gasteiger charge is 2.51. The zero-order chi connectivity index (χ0) is 27.9. The third-order valence-corrected chi connectivity index (χ3v) is 10.7. The molecular weight excluding hydrogens is 534 g/mol. The van der Waals surface area contributed by atoms with Crippen molar-refractivity contribution in [3.05, 3.63) is 64.7 Å². The molecule has 2 amide bonds. The molecule has 4 aliphatic rings. The molecule has 6 rings (SSSR count). The zero-order valence-electron chi connectivity index (χ0n) is 22.9. The summed E-state index contributed by atoms with van der Waals surface area (Å²) >= 11 is 6.35. The number of nitrogens with zero attached hydrogens (tertiary/aromatic N) is 2. The number of amides is 2. The van der Waals surface area contributed by atoms with Crippen LogP contribution in [0.25, 0.3) is 0 Å². The second-order valence-electron chi connectivity index (χ2n) is 11.9. The normalized spacial score (nSPS) is 26.2. The first-order valence-electron chi connectivity index (χ1n) is 13.8. The molecule has 1 atom stereocenters. The fraction of sp³-hybridized carbons (Fsp3) is 0.533. The molecule has 0 heterocycles. The van der Waals surface area contributed by atoms with Gasteiger partial charge >= 0.3 is 0 Å². The Bertz CT molecular complexity index is 1310. The first kappa shape index (κ1) is 28.0. The molecule has 0 aliphatic heterocycles. The van der Waals surface area contributed by atoms with Crippen LogP contribution in [0.2, 0.25) is 5.02 Å². The monoisotopic (exact) mass is 571 g/mol. The number of hydrogen-bond donors (Lipinski definition) is 1. The molecule has 0 unspecified atom stereocenters. The van der Waals surface area contributed by atoms with Crippen LogP contribution in [0, 0.1) is 17.8 Å². The van der Waals surface area contributed by atoms with Gasteiger partial charge in [0.05, 0.1) is 11.9 Å². The van der Waals surface area contributed by atoms with Gasteiger partial charge in [0.1, 0.15) is 12.6 Å². The second-order valence-corrected chi connectivity index (χ2v) is 14.2. The Morgan fingerprint density at radius 3 is 2.08 bits per heavy atom. The Morgan fingerprint density at radius 1 is 1.00 bits per heavy atom. The van der Waals surface area contributed by atoms with Crippen LogP contribution < -0.4 is 9.62 Å². The molecule has 210 valence electrons. The second kappa shape index (κ2) is 10.8. The van der Waals surface area contributed by atoms with Crippen molar-refractivity contribution < 1.29 is 18.0 Å². The molecule has 1 N–H and O–H groups in total. The van der Waals surface area contributed by atoms with Crippen molar-refractivity contribution in [1.29, 1.82) is 0 Å².